The van der Waals surface area contributed by atoms with Gasteiger partial charge in [-0.15, -0.1) is 11.3 Å². The van der Waals surface area contributed by atoms with Crippen molar-refractivity contribution < 1.29 is 14.3 Å². The third-order valence-electron chi connectivity index (χ3n) is 3.70. The van der Waals surface area contributed by atoms with Crippen molar-refractivity contribution >= 4 is 51.3 Å². The van der Waals surface area contributed by atoms with Gasteiger partial charge in [-0.3, -0.25) is 4.79 Å². The Balaban J connectivity index is 1.31. The molecule has 0 aliphatic carbocycles. The van der Waals surface area contributed by atoms with Crippen molar-refractivity contribution in [1.82, 2.24) is 10.3 Å². The van der Waals surface area contributed by atoms with Crippen LogP contribution in [0.1, 0.15) is 10.6 Å². The maximum absolute atomic E-state index is 11.8. The quantitative estimate of drug-likeness (QED) is 0.328. The van der Waals surface area contributed by atoms with Gasteiger partial charge in [-0.05, 0) is 23.8 Å². The number of benzene rings is 2. The summed E-state index contributed by atoms with van der Waals surface area (Å²) >= 11 is 3.23. The fourth-order valence-corrected chi connectivity index (χ4v) is 4.05. The van der Waals surface area contributed by atoms with Crippen LogP contribution in [-0.4, -0.2) is 35.8 Å². The fourth-order valence-electron chi connectivity index (χ4n) is 2.36. The van der Waals surface area contributed by atoms with E-state index < -0.39 is 5.97 Å². The van der Waals surface area contributed by atoms with Crippen molar-refractivity contribution in [2.45, 2.75) is 5.75 Å². The molecular formula is C21H20N2O3S2. The molecule has 3 aromatic rings. The minimum Gasteiger partial charge on any atom is -0.452 e. The number of hydrogen-bond acceptors (Lipinski definition) is 6. The lowest BCUT2D eigenvalue weighted by molar-refractivity contribution is -0.143. The van der Waals surface area contributed by atoms with E-state index in [1.165, 1.54) is 23.0 Å². The Bertz CT molecular complexity index is 921. The number of carbonyl (C=O) groups is 2. The van der Waals surface area contributed by atoms with Crippen molar-refractivity contribution in [1.29, 1.82) is 0 Å². The molecule has 1 heterocycles. The molecule has 0 fully saturated rings. The van der Waals surface area contributed by atoms with Gasteiger partial charge in [-0.1, -0.05) is 42.5 Å². The standard InChI is InChI=1S/C21H20N2O3S2/c24-19(22-12-13-27-15-16-6-2-1-3-7-16)14-26-21(25)11-10-20-23-17-8-4-5-9-18(17)28-20/h1-11H,12-15H2,(H,22,24)/b11-10+. The lowest BCUT2D eigenvalue weighted by Crippen LogP contribution is -2.30. The molecule has 0 atom stereocenters. The third kappa shape index (κ3) is 6.51. The molecule has 1 amide bonds. The summed E-state index contributed by atoms with van der Waals surface area (Å²) in [4.78, 5) is 27.9. The Morgan fingerprint density at radius 3 is 2.71 bits per heavy atom. The van der Waals surface area contributed by atoms with Crippen LogP contribution in [0.15, 0.2) is 60.7 Å². The Hall–Kier alpha value is -2.64. The van der Waals surface area contributed by atoms with Gasteiger partial charge in [0.2, 0.25) is 0 Å². The zero-order chi connectivity index (χ0) is 19.6. The summed E-state index contributed by atoms with van der Waals surface area (Å²) in [7, 11) is 0. The molecule has 0 saturated carbocycles. The number of rotatable bonds is 9. The Morgan fingerprint density at radius 1 is 1.11 bits per heavy atom. The predicted molar refractivity (Wildman–Crippen MR) is 115 cm³/mol. The fraction of sp³-hybridized carbons (Fsp3) is 0.190. The molecule has 0 saturated heterocycles. The van der Waals surface area contributed by atoms with Crippen LogP contribution in [0.5, 0.6) is 0 Å². The Labute approximate surface area is 171 Å². The lowest BCUT2D eigenvalue weighted by Gasteiger charge is -2.05. The van der Waals surface area contributed by atoms with Gasteiger partial charge in [0.1, 0.15) is 5.01 Å². The first-order valence-electron chi connectivity index (χ1n) is 8.79. The van der Waals surface area contributed by atoms with E-state index >= 15 is 0 Å². The number of carbonyl (C=O) groups excluding carboxylic acids is 2. The molecule has 0 radical (unpaired) electrons. The second-order valence-corrected chi connectivity index (χ2v) is 8.02. The Morgan fingerprint density at radius 2 is 1.89 bits per heavy atom. The van der Waals surface area contributed by atoms with Gasteiger partial charge in [-0.25, -0.2) is 9.78 Å². The number of thiazole rings is 1. The second kappa shape index (κ2) is 10.6. The number of nitrogens with one attached hydrogen (secondary N) is 1. The van der Waals surface area contributed by atoms with Crippen LogP contribution in [0.4, 0.5) is 0 Å². The SMILES string of the molecule is O=C(COC(=O)/C=C/c1nc2ccccc2s1)NCCSCc1ccccc1. The average Bonchev–Trinajstić information content (AvgIpc) is 3.14. The predicted octanol–water partition coefficient (Wildman–Crippen LogP) is 3.90. The number of fused-ring (bicyclic) bond motifs is 1. The first-order chi connectivity index (χ1) is 13.7. The van der Waals surface area contributed by atoms with Crippen LogP contribution < -0.4 is 5.32 Å². The van der Waals surface area contributed by atoms with Gasteiger partial charge >= 0.3 is 5.97 Å². The summed E-state index contributed by atoms with van der Waals surface area (Å²) < 4.78 is 6.01. The minimum atomic E-state index is -0.562. The molecule has 144 valence electrons. The van der Waals surface area contributed by atoms with E-state index in [1.807, 2.05) is 42.5 Å². The first-order valence-corrected chi connectivity index (χ1v) is 10.8. The summed E-state index contributed by atoms with van der Waals surface area (Å²) in [5.74, 6) is 0.837. The van der Waals surface area contributed by atoms with Crippen LogP contribution in [0.2, 0.25) is 0 Å². The van der Waals surface area contributed by atoms with Crippen LogP contribution in [-0.2, 0) is 20.1 Å². The van der Waals surface area contributed by atoms with E-state index in [4.69, 9.17) is 4.74 Å². The molecule has 5 nitrogen and oxygen atoms in total. The summed E-state index contributed by atoms with van der Waals surface area (Å²) in [6, 6.07) is 17.9. The van der Waals surface area contributed by atoms with Crippen molar-refractivity contribution in [3.05, 3.63) is 71.2 Å². The zero-order valence-electron chi connectivity index (χ0n) is 15.2. The first kappa shape index (κ1) is 20.1. The van der Waals surface area contributed by atoms with E-state index in [2.05, 4.69) is 22.4 Å². The molecule has 7 heteroatoms. The highest BCUT2D eigenvalue weighted by atomic mass is 32.2. The molecule has 0 aliphatic heterocycles. The van der Waals surface area contributed by atoms with Crippen molar-refractivity contribution in [2.24, 2.45) is 0 Å². The molecule has 1 aromatic heterocycles. The molecule has 0 bridgehead atoms. The number of aromatic nitrogens is 1. The molecule has 0 unspecified atom stereocenters. The molecule has 28 heavy (non-hydrogen) atoms. The van der Waals surface area contributed by atoms with Gasteiger partial charge in [0.25, 0.3) is 5.91 Å². The number of esters is 1. The number of amides is 1. The number of para-hydroxylation sites is 1. The van der Waals surface area contributed by atoms with Crippen LogP contribution in [0.3, 0.4) is 0 Å². The summed E-state index contributed by atoms with van der Waals surface area (Å²) in [6.45, 7) is 0.252. The van der Waals surface area contributed by atoms with Gasteiger partial charge < -0.3 is 10.1 Å². The number of nitrogens with zero attached hydrogens (tertiary/aromatic N) is 1. The van der Waals surface area contributed by atoms with E-state index in [-0.39, 0.29) is 12.5 Å². The van der Waals surface area contributed by atoms with Crippen LogP contribution in [0.25, 0.3) is 16.3 Å². The van der Waals surface area contributed by atoms with Crippen LogP contribution in [0, 0.1) is 0 Å². The Kier molecular flexibility index (Phi) is 7.63. The average molecular weight is 413 g/mol. The molecule has 2 aromatic carbocycles. The largest absolute Gasteiger partial charge is 0.452 e. The molecule has 0 spiro atoms. The number of ether oxygens (including phenoxy) is 1. The number of thioether (sulfide) groups is 1. The summed E-state index contributed by atoms with van der Waals surface area (Å²) in [6.07, 6.45) is 2.89. The van der Waals surface area contributed by atoms with E-state index in [9.17, 15) is 9.59 Å². The topological polar surface area (TPSA) is 68.3 Å². The zero-order valence-corrected chi connectivity index (χ0v) is 16.8. The monoisotopic (exact) mass is 412 g/mol. The van der Waals surface area contributed by atoms with E-state index in [0.29, 0.717) is 6.54 Å². The van der Waals surface area contributed by atoms with Gasteiger partial charge in [0.15, 0.2) is 6.61 Å². The minimum absolute atomic E-state index is 0.285. The van der Waals surface area contributed by atoms with Gasteiger partial charge in [-0.2, -0.15) is 11.8 Å². The maximum Gasteiger partial charge on any atom is 0.331 e. The molecule has 3 rings (SSSR count). The summed E-state index contributed by atoms with van der Waals surface area (Å²) in [5, 5.41) is 3.46. The van der Waals surface area contributed by atoms with Gasteiger partial charge in [0.05, 0.1) is 10.2 Å². The highest BCUT2D eigenvalue weighted by Crippen LogP contribution is 2.22. The smallest absolute Gasteiger partial charge is 0.331 e. The number of hydrogen-bond donors (Lipinski definition) is 1. The maximum atomic E-state index is 11.8. The second-order valence-electron chi connectivity index (χ2n) is 5.85. The highest BCUT2D eigenvalue weighted by Gasteiger charge is 2.05. The van der Waals surface area contributed by atoms with E-state index in [0.717, 1.165) is 26.7 Å². The van der Waals surface area contributed by atoms with Crippen molar-refractivity contribution in [3.8, 4) is 0 Å². The molecular weight excluding hydrogens is 392 g/mol. The van der Waals surface area contributed by atoms with Crippen molar-refractivity contribution in [3.63, 3.8) is 0 Å². The van der Waals surface area contributed by atoms with Crippen LogP contribution >= 0.6 is 23.1 Å². The van der Waals surface area contributed by atoms with Crippen molar-refractivity contribution in [2.75, 3.05) is 18.9 Å². The van der Waals surface area contributed by atoms with E-state index in [1.54, 1.807) is 17.8 Å². The summed E-state index contributed by atoms with van der Waals surface area (Å²) in [5.41, 5.74) is 2.15. The van der Waals surface area contributed by atoms with Gasteiger partial charge in [0, 0.05) is 24.1 Å². The third-order valence-corrected chi connectivity index (χ3v) is 5.73. The normalized spacial score (nSPS) is 11.0. The highest BCUT2D eigenvalue weighted by molar-refractivity contribution is 7.98. The molecule has 0 aliphatic rings. The lowest BCUT2D eigenvalue weighted by atomic mass is 10.2. The molecule has 1 N–H and O–H groups in total.